The summed E-state index contributed by atoms with van der Waals surface area (Å²) >= 11 is 0. The number of rotatable bonds is 3. The van der Waals surface area contributed by atoms with Gasteiger partial charge in [0.25, 0.3) is 5.91 Å². The molecule has 0 aliphatic carbocycles. The number of anilines is 1. The molecule has 0 spiro atoms. The Hall–Kier alpha value is -2.39. The quantitative estimate of drug-likeness (QED) is 0.922. The van der Waals surface area contributed by atoms with Crippen molar-refractivity contribution in [1.82, 2.24) is 4.90 Å². The van der Waals surface area contributed by atoms with Gasteiger partial charge in [-0.3, -0.25) is 9.59 Å². The number of nitrogens with one attached hydrogen (secondary N) is 1. The summed E-state index contributed by atoms with van der Waals surface area (Å²) in [6.07, 6.45) is -0.140. The third-order valence-electron chi connectivity index (χ3n) is 3.36. The Labute approximate surface area is 129 Å². The number of nitrogens with zero attached hydrogens (tertiary/aromatic N) is 2. The van der Waals surface area contributed by atoms with Crippen LogP contribution in [0.5, 0.6) is 0 Å². The monoisotopic (exact) mass is 301 g/mol. The lowest BCUT2D eigenvalue weighted by Gasteiger charge is -2.35. The van der Waals surface area contributed by atoms with Crippen LogP contribution in [0.3, 0.4) is 0 Å². The van der Waals surface area contributed by atoms with Gasteiger partial charge in [-0.05, 0) is 38.1 Å². The average molecular weight is 301 g/mol. The van der Waals surface area contributed by atoms with E-state index in [-0.39, 0.29) is 30.4 Å². The summed E-state index contributed by atoms with van der Waals surface area (Å²) in [5, 5.41) is 11.0. The van der Waals surface area contributed by atoms with E-state index in [9.17, 15) is 9.59 Å². The SMILES string of the molecule is CC1CN(C(=O)c2ccc(NC(=O)CC#N)cc2)CC(C)O1. The number of amides is 2. The van der Waals surface area contributed by atoms with Gasteiger partial charge >= 0.3 is 0 Å². The van der Waals surface area contributed by atoms with Crippen LogP contribution in [0.4, 0.5) is 5.69 Å². The molecule has 1 aliphatic heterocycles. The number of nitriles is 1. The van der Waals surface area contributed by atoms with E-state index in [0.717, 1.165) is 0 Å². The van der Waals surface area contributed by atoms with E-state index in [1.165, 1.54) is 0 Å². The van der Waals surface area contributed by atoms with Crippen molar-refractivity contribution in [2.24, 2.45) is 0 Å². The lowest BCUT2D eigenvalue weighted by Crippen LogP contribution is -2.48. The minimum absolute atomic E-state index is 0.0252. The predicted molar refractivity (Wildman–Crippen MR) is 81.2 cm³/mol. The van der Waals surface area contributed by atoms with Crippen molar-refractivity contribution in [3.63, 3.8) is 0 Å². The van der Waals surface area contributed by atoms with Gasteiger partial charge in [-0.1, -0.05) is 0 Å². The van der Waals surface area contributed by atoms with E-state index in [2.05, 4.69) is 5.32 Å². The van der Waals surface area contributed by atoms with E-state index >= 15 is 0 Å². The fourth-order valence-electron chi connectivity index (χ4n) is 2.50. The summed E-state index contributed by atoms with van der Waals surface area (Å²) in [6.45, 7) is 5.04. The largest absolute Gasteiger partial charge is 0.372 e. The molecule has 116 valence electrons. The summed E-state index contributed by atoms with van der Waals surface area (Å²) in [4.78, 5) is 25.6. The molecule has 1 saturated heterocycles. The zero-order chi connectivity index (χ0) is 16.1. The van der Waals surface area contributed by atoms with Gasteiger partial charge in [-0.25, -0.2) is 0 Å². The Morgan fingerprint density at radius 3 is 2.41 bits per heavy atom. The molecular formula is C16H19N3O3. The van der Waals surface area contributed by atoms with E-state index in [4.69, 9.17) is 10.00 Å². The predicted octanol–water partition coefficient (Wildman–Crippen LogP) is 1.79. The van der Waals surface area contributed by atoms with Gasteiger partial charge in [-0.15, -0.1) is 0 Å². The topological polar surface area (TPSA) is 82.4 Å². The molecule has 6 nitrogen and oxygen atoms in total. The molecule has 1 N–H and O–H groups in total. The van der Waals surface area contributed by atoms with E-state index in [1.54, 1.807) is 35.2 Å². The number of morpholine rings is 1. The highest BCUT2D eigenvalue weighted by atomic mass is 16.5. The second kappa shape index (κ2) is 7.05. The number of carbonyl (C=O) groups excluding carboxylic acids is 2. The molecule has 1 fully saturated rings. The van der Waals surface area contributed by atoms with Crippen molar-refractivity contribution < 1.29 is 14.3 Å². The third kappa shape index (κ3) is 4.06. The van der Waals surface area contributed by atoms with Gasteiger partial charge in [0.2, 0.25) is 5.91 Å². The molecule has 1 aliphatic rings. The molecular weight excluding hydrogens is 282 g/mol. The summed E-state index contributed by atoms with van der Waals surface area (Å²) in [7, 11) is 0. The van der Waals surface area contributed by atoms with Crippen LogP contribution in [0.2, 0.25) is 0 Å². The maximum absolute atomic E-state index is 12.5. The number of carbonyl (C=O) groups is 2. The first-order valence-corrected chi connectivity index (χ1v) is 7.21. The van der Waals surface area contributed by atoms with Crippen LogP contribution in [0.25, 0.3) is 0 Å². The van der Waals surface area contributed by atoms with Crippen LogP contribution in [-0.4, -0.2) is 42.0 Å². The Morgan fingerprint density at radius 1 is 1.27 bits per heavy atom. The normalized spacial score (nSPS) is 21.0. The van der Waals surface area contributed by atoms with Crippen LogP contribution >= 0.6 is 0 Å². The van der Waals surface area contributed by atoms with Crippen LogP contribution < -0.4 is 5.32 Å². The maximum Gasteiger partial charge on any atom is 0.254 e. The lowest BCUT2D eigenvalue weighted by molar-refractivity contribution is -0.115. The standard InChI is InChI=1S/C16H19N3O3/c1-11-9-19(10-12(2)22-11)16(21)13-3-5-14(6-4-13)18-15(20)7-8-17/h3-6,11-12H,7,9-10H2,1-2H3,(H,18,20). The Morgan fingerprint density at radius 2 is 1.86 bits per heavy atom. The van der Waals surface area contributed by atoms with Crippen molar-refractivity contribution in [3.05, 3.63) is 29.8 Å². The number of benzene rings is 1. The molecule has 6 heteroatoms. The summed E-state index contributed by atoms with van der Waals surface area (Å²) in [6, 6.07) is 8.46. The van der Waals surface area contributed by atoms with Gasteiger partial charge in [0.15, 0.2) is 0 Å². The Balaban J connectivity index is 2.02. The summed E-state index contributed by atoms with van der Waals surface area (Å²) in [5.41, 5.74) is 1.14. The molecule has 2 rings (SSSR count). The summed E-state index contributed by atoms with van der Waals surface area (Å²) < 4.78 is 5.62. The zero-order valence-electron chi connectivity index (χ0n) is 12.7. The third-order valence-corrected chi connectivity index (χ3v) is 3.36. The minimum atomic E-state index is -0.364. The van der Waals surface area contributed by atoms with Crippen molar-refractivity contribution >= 4 is 17.5 Å². The molecule has 2 atom stereocenters. The molecule has 22 heavy (non-hydrogen) atoms. The average Bonchev–Trinajstić information content (AvgIpc) is 2.46. The molecule has 0 aromatic heterocycles. The molecule has 1 heterocycles. The smallest absolute Gasteiger partial charge is 0.254 e. The first kappa shape index (κ1) is 16.0. The number of ether oxygens (including phenoxy) is 1. The molecule has 1 aromatic rings. The molecule has 1 aromatic carbocycles. The molecule has 2 unspecified atom stereocenters. The van der Waals surface area contributed by atoms with Crippen molar-refractivity contribution in [2.45, 2.75) is 32.5 Å². The first-order valence-electron chi connectivity index (χ1n) is 7.21. The van der Waals surface area contributed by atoms with Crippen LogP contribution in [0.1, 0.15) is 30.6 Å². The number of hydrogen-bond acceptors (Lipinski definition) is 4. The molecule has 0 saturated carbocycles. The Bertz CT molecular complexity index is 582. The second-order valence-electron chi connectivity index (χ2n) is 5.43. The van der Waals surface area contributed by atoms with Crippen LogP contribution in [0, 0.1) is 11.3 Å². The highest BCUT2D eigenvalue weighted by Crippen LogP contribution is 2.16. The fourth-order valence-corrected chi connectivity index (χ4v) is 2.50. The van der Waals surface area contributed by atoms with Crippen molar-refractivity contribution in [2.75, 3.05) is 18.4 Å². The zero-order valence-corrected chi connectivity index (χ0v) is 12.7. The maximum atomic E-state index is 12.5. The van der Waals surface area contributed by atoms with Crippen molar-refractivity contribution in [3.8, 4) is 6.07 Å². The molecule has 0 radical (unpaired) electrons. The van der Waals surface area contributed by atoms with E-state index in [1.807, 2.05) is 13.8 Å². The lowest BCUT2D eigenvalue weighted by atomic mass is 10.1. The minimum Gasteiger partial charge on any atom is -0.372 e. The van der Waals surface area contributed by atoms with Gasteiger partial charge in [-0.2, -0.15) is 5.26 Å². The number of hydrogen-bond donors (Lipinski definition) is 1. The summed E-state index contributed by atoms with van der Waals surface area (Å²) in [5.74, 6) is -0.408. The van der Waals surface area contributed by atoms with Gasteiger partial charge in [0, 0.05) is 24.3 Å². The highest BCUT2D eigenvalue weighted by Gasteiger charge is 2.26. The van der Waals surface area contributed by atoms with E-state index in [0.29, 0.717) is 24.3 Å². The highest BCUT2D eigenvalue weighted by molar-refractivity contribution is 5.96. The Kier molecular flexibility index (Phi) is 5.12. The van der Waals surface area contributed by atoms with Crippen LogP contribution in [-0.2, 0) is 9.53 Å². The van der Waals surface area contributed by atoms with E-state index < -0.39 is 0 Å². The van der Waals surface area contributed by atoms with Crippen LogP contribution in [0.15, 0.2) is 24.3 Å². The van der Waals surface area contributed by atoms with Gasteiger partial charge in [0.1, 0.15) is 6.42 Å². The molecule has 0 bridgehead atoms. The van der Waals surface area contributed by atoms with Crippen molar-refractivity contribution in [1.29, 1.82) is 5.26 Å². The first-order chi connectivity index (χ1) is 10.5. The van der Waals surface area contributed by atoms with Gasteiger partial charge in [0.05, 0.1) is 18.3 Å². The molecule has 2 amide bonds. The second-order valence-corrected chi connectivity index (χ2v) is 5.43. The van der Waals surface area contributed by atoms with Gasteiger partial charge < -0.3 is 15.0 Å². The fraction of sp³-hybridized carbons (Fsp3) is 0.438.